The average molecular weight is 470 g/mol. The monoisotopic (exact) mass is 469 g/mol. The van der Waals surface area contributed by atoms with Gasteiger partial charge in [-0.2, -0.15) is 5.10 Å². The minimum atomic E-state index is 0.0246. The van der Waals surface area contributed by atoms with Crippen molar-refractivity contribution in [2.75, 3.05) is 20.2 Å². The first-order chi connectivity index (χ1) is 17.2. The second-order valence-corrected chi connectivity index (χ2v) is 8.48. The van der Waals surface area contributed by atoms with Crippen LogP contribution in [0.25, 0.3) is 0 Å². The second-order valence-electron chi connectivity index (χ2n) is 8.48. The van der Waals surface area contributed by atoms with Gasteiger partial charge in [0.2, 0.25) is 5.88 Å². The number of rotatable bonds is 7. The molecule has 2 aromatic heterocycles. The first-order valence-electron chi connectivity index (χ1n) is 11.7. The van der Waals surface area contributed by atoms with Gasteiger partial charge in [-0.15, -0.1) is 0 Å². The van der Waals surface area contributed by atoms with E-state index in [1.807, 2.05) is 70.4 Å². The molecule has 5 rings (SSSR count). The Morgan fingerprint density at radius 3 is 2.74 bits per heavy atom. The highest BCUT2D eigenvalue weighted by Gasteiger charge is 2.29. The number of methoxy groups -OCH3 is 1. The van der Waals surface area contributed by atoms with Crippen molar-refractivity contribution in [3.8, 4) is 17.4 Å². The highest BCUT2D eigenvalue weighted by atomic mass is 16.5. The summed E-state index contributed by atoms with van der Waals surface area (Å²) in [5.41, 5.74) is 2.41. The molecular weight excluding hydrogens is 442 g/mol. The SMILES string of the molecule is COc1cccc(Oc2nccnc2[C@@H]2CCCN(C(=O)c3ccccc3Cn3cccn3)C2)c1. The highest BCUT2D eigenvalue weighted by Crippen LogP contribution is 2.34. The van der Waals surface area contributed by atoms with Crippen LogP contribution in [-0.4, -0.2) is 50.8 Å². The maximum Gasteiger partial charge on any atom is 0.254 e. The van der Waals surface area contributed by atoms with Crippen molar-refractivity contribution in [1.82, 2.24) is 24.6 Å². The molecule has 1 aliphatic heterocycles. The van der Waals surface area contributed by atoms with Gasteiger partial charge in [0.05, 0.1) is 13.7 Å². The average Bonchev–Trinajstić information content (AvgIpc) is 3.42. The summed E-state index contributed by atoms with van der Waals surface area (Å²) in [4.78, 5) is 24.6. The molecule has 1 aliphatic rings. The number of nitrogens with zero attached hydrogens (tertiary/aromatic N) is 5. The maximum atomic E-state index is 13.6. The smallest absolute Gasteiger partial charge is 0.254 e. The second kappa shape index (κ2) is 10.4. The van der Waals surface area contributed by atoms with E-state index >= 15 is 0 Å². The standard InChI is InChI=1S/C27H27N5O3/c1-34-22-9-4-10-23(17-22)35-26-25(28-13-14-29-26)21-8-5-15-31(18-21)27(33)24-11-3-2-7-20(24)19-32-16-6-12-30-32/h2-4,6-7,9-14,16-17,21H,5,8,15,18-19H2,1H3/t21-/m1/s1. The van der Waals surface area contributed by atoms with E-state index in [-0.39, 0.29) is 11.8 Å². The lowest BCUT2D eigenvalue weighted by molar-refractivity contribution is 0.0703. The van der Waals surface area contributed by atoms with E-state index in [0.29, 0.717) is 42.6 Å². The van der Waals surface area contributed by atoms with E-state index in [1.54, 1.807) is 25.7 Å². The summed E-state index contributed by atoms with van der Waals surface area (Å²) < 4.78 is 13.2. The largest absolute Gasteiger partial charge is 0.497 e. The van der Waals surface area contributed by atoms with Gasteiger partial charge in [-0.25, -0.2) is 4.98 Å². The minimum Gasteiger partial charge on any atom is -0.497 e. The molecule has 178 valence electrons. The Hall–Kier alpha value is -4.20. The van der Waals surface area contributed by atoms with Gasteiger partial charge in [-0.1, -0.05) is 24.3 Å². The third-order valence-electron chi connectivity index (χ3n) is 6.18. The van der Waals surface area contributed by atoms with Crippen molar-refractivity contribution >= 4 is 5.91 Å². The summed E-state index contributed by atoms with van der Waals surface area (Å²) >= 11 is 0. The van der Waals surface area contributed by atoms with Crippen LogP contribution in [0.4, 0.5) is 0 Å². The molecule has 8 nitrogen and oxygen atoms in total. The lowest BCUT2D eigenvalue weighted by Crippen LogP contribution is -2.39. The van der Waals surface area contributed by atoms with E-state index in [4.69, 9.17) is 9.47 Å². The minimum absolute atomic E-state index is 0.0246. The molecule has 1 atom stereocenters. The Labute approximate surface area is 204 Å². The fourth-order valence-electron chi connectivity index (χ4n) is 4.46. The number of piperidine rings is 1. The third-order valence-corrected chi connectivity index (χ3v) is 6.18. The summed E-state index contributed by atoms with van der Waals surface area (Å²) in [5, 5.41) is 4.29. The summed E-state index contributed by atoms with van der Waals surface area (Å²) in [6, 6.07) is 17.0. The van der Waals surface area contributed by atoms with Gasteiger partial charge < -0.3 is 14.4 Å². The van der Waals surface area contributed by atoms with Gasteiger partial charge in [0.25, 0.3) is 5.91 Å². The number of benzene rings is 2. The lowest BCUT2D eigenvalue weighted by atomic mass is 9.93. The molecule has 0 unspecified atom stereocenters. The Bertz CT molecular complexity index is 1290. The van der Waals surface area contributed by atoms with Gasteiger partial charge in [-0.05, 0) is 42.7 Å². The van der Waals surface area contributed by atoms with E-state index < -0.39 is 0 Å². The first kappa shape index (κ1) is 22.6. The highest BCUT2D eigenvalue weighted by molar-refractivity contribution is 5.95. The Kier molecular flexibility index (Phi) is 6.70. The molecule has 4 aromatic rings. The lowest BCUT2D eigenvalue weighted by Gasteiger charge is -2.33. The molecule has 0 N–H and O–H groups in total. The molecule has 0 radical (unpaired) electrons. The molecule has 1 saturated heterocycles. The van der Waals surface area contributed by atoms with Gasteiger partial charge in [0.1, 0.15) is 17.2 Å². The van der Waals surface area contributed by atoms with E-state index in [9.17, 15) is 4.79 Å². The van der Waals surface area contributed by atoms with Crippen LogP contribution >= 0.6 is 0 Å². The molecule has 8 heteroatoms. The zero-order chi connectivity index (χ0) is 24.0. The van der Waals surface area contributed by atoms with Gasteiger partial charge in [0.15, 0.2) is 0 Å². The van der Waals surface area contributed by atoms with Gasteiger partial charge in [-0.3, -0.25) is 14.5 Å². The molecule has 0 bridgehead atoms. The van der Waals surface area contributed by atoms with E-state index in [0.717, 1.165) is 24.1 Å². The van der Waals surface area contributed by atoms with Crippen molar-refractivity contribution in [3.05, 3.63) is 96.2 Å². The maximum absolute atomic E-state index is 13.6. The molecule has 0 spiro atoms. The molecular formula is C27H27N5O3. The first-order valence-corrected chi connectivity index (χ1v) is 11.7. The number of amides is 1. The fourth-order valence-corrected chi connectivity index (χ4v) is 4.46. The van der Waals surface area contributed by atoms with Crippen LogP contribution in [0.2, 0.25) is 0 Å². The van der Waals surface area contributed by atoms with Crippen molar-refractivity contribution < 1.29 is 14.3 Å². The number of carbonyl (C=O) groups is 1. The van der Waals surface area contributed by atoms with Crippen LogP contribution in [0, 0.1) is 0 Å². The number of ether oxygens (including phenoxy) is 2. The molecule has 0 aliphatic carbocycles. The summed E-state index contributed by atoms with van der Waals surface area (Å²) in [7, 11) is 1.62. The Morgan fingerprint density at radius 2 is 1.89 bits per heavy atom. The molecule has 1 fully saturated rings. The van der Waals surface area contributed by atoms with Crippen LogP contribution in [0.3, 0.4) is 0 Å². The molecule has 3 heterocycles. The molecule has 35 heavy (non-hydrogen) atoms. The molecule has 2 aromatic carbocycles. The number of hydrogen-bond donors (Lipinski definition) is 0. The van der Waals surface area contributed by atoms with E-state index in [2.05, 4.69) is 15.1 Å². The topological polar surface area (TPSA) is 82.4 Å². The quantitative estimate of drug-likeness (QED) is 0.395. The van der Waals surface area contributed by atoms with Crippen molar-refractivity contribution in [2.45, 2.75) is 25.3 Å². The number of likely N-dealkylation sites (tertiary alicyclic amines) is 1. The number of aromatic nitrogens is 4. The molecule has 1 amide bonds. The van der Waals surface area contributed by atoms with Crippen LogP contribution in [0.1, 0.15) is 40.4 Å². The zero-order valence-corrected chi connectivity index (χ0v) is 19.6. The van der Waals surface area contributed by atoms with Gasteiger partial charge >= 0.3 is 0 Å². The number of carbonyl (C=O) groups excluding carboxylic acids is 1. The Balaban J connectivity index is 1.35. The zero-order valence-electron chi connectivity index (χ0n) is 19.6. The third kappa shape index (κ3) is 5.16. The summed E-state index contributed by atoms with van der Waals surface area (Å²) in [5.74, 6) is 1.84. The van der Waals surface area contributed by atoms with Crippen molar-refractivity contribution in [1.29, 1.82) is 0 Å². The van der Waals surface area contributed by atoms with Crippen LogP contribution in [0.15, 0.2) is 79.4 Å². The summed E-state index contributed by atoms with van der Waals surface area (Å²) in [6.45, 7) is 1.81. The van der Waals surface area contributed by atoms with Crippen LogP contribution in [0.5, 0.6) is 17.4 Å². The molecule has 0 saturated carbocycles. The summed E-state index contributed by atoms with van der Waals surface area (Å²) in [6.07, 6.45) is 8.73. The fraction of sp³-hybridized carbons (Fsp3) is 0.259. The van der Waals surface area contributed by atoms with Crippen molar-refractivity contribution in [3.63, 3.8) is 0 Å². The normalized spacial score (nSPS) is 15.6. The van der Waals surface area contributed by atoms with E-state index in [1.165, 1.54) is 0 Å². The van der Waals surface area contributed by atoms with Crippen LogP contribution in [-0.2, 0) is 6.54 Å². The number of hydrogen-bond acceptors (Lipinski definition) is 6. The predicted molar refractivity (Wildman–Crippen MR) is 131 cm³/mol. The van der Waals surface area contributed by atoms with Crippen molar-refractivity contribution in [2.24, 2.45) is 0 Å². The predicted octanol–water partition coefficient (Wildman–Crippen LogP) is 4.54. The van der Waals surface area contributed by atoms with Crippen LogP contribution < -0.4 is 9.47 Å². The van der Waals surface area contributed by atoms with Gasteiger partial charge in [0, 0.05) is 55.4 Å². The Morgan fingerprint density at radius 1 is 1.03 bits per heavy atom.